The van der Waals surface area contributed by atoms with Crippen molar-refractivity contribution >= 4 is 21.8 Å². The summed E-state index contributed by atoms with van der Waals surface area (Å²) in [7, 11) is 0. The van der Waals surface area contributed by atoms with Crippen LogP contribution in [0.2, 0.25) is 0 Å². The summed E-state index contributed by atoms with van der Waals surface area (Å²) in [5.74, 6) is -1.06. The third-order valence-corrected chi connectivity index (χ3v) is 4.81. The molecule has 0 aromatic heterocycles. The Morgan fingerprint density at radius 1 is 1.29 bits per heavy atom. The molecule has 0 unspecified atom stereocenters. The van der Waals surface area contributed by atoms with E-state index in [2.05, 4.69) is 22.0 Å². The van der Waals surface area contributed by atoms with Crippen LogP contribution in [0.15, 0.2) is 53.0 Å². The molecule has 122 valence electrons. The average Bonchev–Trinajstić information content (AvgIpc) is 3.04. The van der Waals surface area contributed by atoms with Crippen molar-refractivity contribution in [2.45, 2.75) is 24.8 Å². The van der Waals surface area contributed by atoms with E-state index in [1.807, 2.05) is 30.3 Å². The van der Waals surface area contributed by atoms with Crippen molar-refractivity contribution in [1.29, 1.82) is 5.26 Å². The summed E-state index contributed by atoms with van der Waals surface area (Å²) in [6, 6.07) is 15.8. The van der Waals surface area contributed by atoms with E-state index in [1.54, 1.807) is 11.0 Å². The Labute approximate surface area is 148 Å². The summed E-state index contributed by atoms with van der Waals surface area (Å²) >= 11 is 3.22. The summed E-state index contributed by atoms with van der Waals surface area (Å²) in [5.41, 5.74) is 1.21. The van der Waals surface area contributed by atoms with Crippen LogP contribution in [-0.2, 0) is 0 Å². The van der Waals surface area contributed by atoms with Crippen molar-refractivity contribution < 1.29 is 9.18 Å². The van der Waals surface area contributed by atoms with Crippen molar-refractivity contribution in [3.05, 3.63) is 69.9 Å². The van der Waals surface area contributed by atoms with Gasteiger partial charge >= 0.3 is 0 Å². The van der Waals surface area contributed by atoms with Crippen LogP contribution in [0.5, 0.6) is 0 Å². The lowest BCUT2D eigenvalue weighted by Gasteiger charge is -2.28. The Bertz CT molecular complexity index is 767. The topological polar surface area (TPSA) is 44.1 Å². The summed E-state index contributed by atoms with van der Waals surface area (Å²) < 4.78 is 14.1. The van der Waals surface area contributed by atoms with E-state index in [-0.39, 0.29) is 17.9 Å². The molecule has 24 heavy (non-hydrogen) atoms. The molecule has 3 rings (SSSR count). The molecule has 1 heterocycles. The van der Waals surface area contributed by atoms with Gasteiger partial charge in [0.15, 0.2) is 0 Å². The maximum absolute atomic E-state index is 13.6. The molecule has 2 aromatic carbocycles. The quantitative estimate of drug-likeness (QED) is 0.779. The van der Waals surface area contributed by atoms with Gasteiger partial charge < -0.3 is 4.90 Å². The minimum absolute atomic E-state index is 0.188. The standard InChI is InChI=1S/C19H16BrFN2O/c20-15-9-14(10-16(21)11-15)19(24)23-8-4-7-18(23)17(12-22)13-5-2-1-3-6-13/h1-3,5-6,9-11,17-18H,4,7-8H2/t17-,18-/m1/s1. The molecule has 0 radical (unpaired) electrons. The van der Waals surface area contributed by atoms with Crippen LogP contribution in [0.1, 0.15) is 34.7 Å². The fourth-order valence-electron chi connectivity index (χ4n) is 3.28. The van der Waals surface area contributed by atoms with Gasteiger partial charge in [-0.1, -0.05) is 46.3 Å². The highest BCUT2D eigenvalue weighted by molar-refractivity contribution is 9.10. The van der Waals surface area contributed by atoms with Crippen LogP contribution in [-0.4, -0.2) is 23.4 Å². The smallest absolute Gasteiger partial charge is 0.254 e. The molecular formula is C19H16BrFN2O. The van der Waals surface area contributed by atoms with Crippen molar-refractivity contribution in [2.24, 2.45) is 0 Å². The van der Waals surface area contributed by atoms with Gasteiger partial charge in [0, 0.05) is 16.6 Å². The van der Waals surface area contributed by atoms with Gasteiger partial charge in [0.1, 0.15) is 5.82 Å². The summed E-state index contributed by atoms with van der Waals surface area (Å²) in [6.45, 7) is 0.586. The molecule has 0 spiro atoms. The first kappa shape index (κ1) is 16.7. The minimum Gasteiger partial charge on any atom is -0.334 e. The van der Waals surface area contributed by atoms with E-state index in [1.165, 1.54) is 12.1 Å². The summed E-state index contributed by atoms with van der Waals surface area (Å²) in [4.78, 5) is 14.6. The first-order chi connectivity index (χ1) is 11.6. The molecule has 0 saturated carbocycles. The molecule has 0 N–H and O–H groups in total. The fourth-order valence-corrected chi connectivity index (χ4v) is 3.74. The van der Waals surface area contributed by atoms with E-state index in [0.717, 1.165) is 18.4 Å². The van der Waals surface area contributed by atoms with Crippen LogP contribution in [0.3, 0.4) is 0 Å². The summed E-state index contributed by atoms with van der Waals surface area (Å²) in [5, 5.41) is 9.64. The monoisotopic (exact) mass is 386 g/mol. The Morgan fingerprint density at radius 3 is 2.71 bits per heavy atom. The Kier molecular flexibility index (Phi) is 4.96. The van der Waals surface area contributed by atoms with Gasteiger partial charge in [-0.25, -0.2) is 4.39 Å². The first-order valence-corrected chi connectivity index (χ1v) is 8.61. The Balaban J connectivity index is 1.90. The molecule has 1 aliphatic heterocycles. The van der Waals surface area contributed by atoms with Gasteiger partial charge in [-0.05, 0) is 36.6 Å². The molecule has 5 heteroatoms. The number of nitriles is 1. The lowest BCUT2D eigenvalue weighted by molar-refractivity contribution is 0.0727. The largest absolute Gasteiger partial charge is 0.334 e. The van der Waals surface area contributed by atoms with Gasteiger partial charge in [-0.3, -0.25) is 4.79 Å². The predicted octanol–water partition coefficient (Wildman–Crippen LogP) is 4.50. The van der Waals surface area contributed by atoms with Gasteiger partial charge in [0.2, 0.25) is 0 Å². The highest BCUT2D eigenvalue weighted by Gasteiger charge is 2.36. The summed E-state index contributed by atoms with van der Waals surface area (Å²) in [6.07, 6.45) is 1.62. The number of rotatable bonds is 3. The maximum Gasteiger partial charge on any atom is 0.254 e. The molecule has 3 nitrogen and oxygen atoms in total. The van der Waals surface area contributed by atoms with E-state index in [4.69, 9.17) is 0 Å². The minimum atomic E-state index is -0.455. The highest BCUT2D eigenvalue weighted by Crippen LogP contribution is 2.32. The number of amides is 1. The SMILES string of the molecule is N#C[C@H](c1ccccc1)[C@H]1CCCN1C(=O)c1cc(F)cc(Br)c1. The fraction of sp³-hybridized carbons (Fsp3) is 0.263. The van der Waals surface area contributed by atoms with Crippen molar-refractivity contribution in [3.63, 3.8) is 0 Å². The number of hydrogen-bond donors (Lipinski definition) is 0. The molecule has 0 bridgehead atoms. The number of nitrogens with zero attached hydrogens (tertiary/aromatic N) is 2. The van der Waals surface area contributed by atoms with Crippen LogP contribution >= 0.6 is 15.9 Å². The van der Waals surface area contributed by atoms with E-state index < -0.39 is 5.82 Å². The number of carbonyl (C=O) groups is 1. The van der Waals surface area contributed by atoms with Crippen LogP contribution in [0.4, 0.5) is 4.39 Å². The van der Waals surface area contributed by atoms with Gasteiger partial charge in [0.05, 0.1) is 18.0 Å². The van der Waals surface area contributed by atoms with Crippen LogP contribution < -0.4 is 0 Å². The zero-order valence-electron chi connectivity index (χ0n) is 13.0. The normalized spacial score (nSPS) is 18.2. The lowest BCUT2D eigenvalue weighted by Crippen LogP contribution is -2.39. The number of benzene rings is 2. The van der Waals surface area contributed by atoms with Gasteiger partial charge in [0.25, 0.3) is 5.91 Å². The average molecular weight is 387 g/mol. The van der Waals surface area contributed by atoms with Crippen LogP contribution in [0.25, 0.3) is 0 Å². The highest BCUT2D eigenvalue weighted by atomic mass is 79.9. The Morgan fingerprint density at radius 2 is 2.04 bits per heavy atom. The predicted molar refractivity (Wildman–Crippen MR) is 93.0 cm³/mol. The molecule has 0 aliphatic carbocycles. The second-order valence-electron chi connectivity index (χ2n) is 5.88. The third-order valence-electron chi connectivity index (χ3n) is 4.35. The molecule has 2 aromatic rings. The van der Waals surface area contributed by atoms with Crippen molar-refractivity contribution in [2.75, 3.05) is 6.54 Å². The first-order valence-electron chi connectivity index (χ1n) is 7.82. The van der Waals surface area contributed by atoms with Crippen molar-refractivity contribution in [1.82, 2.24) is 4.90 Å². The van der Waals surface area contributed by atoms with E-state index >= 15 is 0 Å². The molecule has 1 amide bonds. The van der Waals surface area contributed by atoms with Gasteiger partial charge in [-0.15, -0.1) is 0 Å². The zero-order chi connectivity index (χ0) is 17.1. The number of hydrogen-bond acceptors (Lipinski definition) is 2. The second-order valence-corrected chi connectivity index (χ2v) is 6.80. The second kappa shape index (κ2) is 7.14. The Hall–Kier alpha value is -2.19. The van der Waals surface area contributed by atoms with Gasteiger partial charge in [-0.2, -0.15) is 5.26 Å². The van der Waals surface area contributed by atoms with E-state index in [0.29, 0.717) is 16.6 Å². The molecular weight excluding hydrogens is 371 g/mol. The number of likely N-dealkylation sites (tertiary alicyclic amines) is 1. The van der Waals surface area contributed by atoms with E-state index in [9.17, 15) is 14.4 Å². The third kappa shape index (κ3) is 3.34. The number of halogens is 2. The molecule has 2 atom stereocenters. The lowest BCUT2D eigenvalue weighted by atomic mass is 9.91. The zero-order valence-corrected chi connectivity index (χ0v) is 14.5. The molecule has 1 aliphatic rings. The van der Waals surface area contributed by atoms with Crippen LogP contribution in [0, 0.1) is 17.1 Å². The number of carbonyl (C=O) groups excluding carboxylic acids is 1. The molecule has 1 fully saturated rings. The molecule has 1 saturated heterocycles. The van der Waals surface area contributed by atoms with Crippen molar-refractivity contribution in [3.8, 4) is 6.07 Å². The maximum atomic E-state index is 13.6.